The molecule has 0 unspecified atom stereocenters. The Labute approximate surface area is 137 Å². The molecule has 0 saturated heterocycles. The molecule has 0 amide bonds. The lowest BCUT2D eigenvalue weighted by atomic mass is 10.2. The molecule has 21 heavy (non-hydrogen) atoms. The van der Waals surface area contributed by atoms with Gasteiger partial charge >= 0.3 is 0 Å². The van der Waals surface area contributed by atoms with E-state index >= 15 is 0 Å². The van der Waals surface area contributed by atoms with Gasteiger partial charge in [-0.25, -0.2) is 8.42 Å². The third-order valence-electron chi connectivity index (χ3n) is 2.71. The Balaban J connectivity index is 2.50. The Hall–Kier alpha value is -0.980. The van der Waals surface area contributed by atoms with Crippen molar-refractivity contribution in [2.24, 2.45) is 5.73 Å². The van der Waals surface area contributed by atoms with Gasteiger partial charge in [-0.15, -0.1) is 0 Å². The third-order valence-corrected chi connectivity index (χ3v) is 5.20. The number of nitrogens with one attached hydrogen (secondary N) is 1. The van der Waals surface area contributed by atoms with E-state index in [1.807, 2.05) is 0 Å². The first-order valence-electron chi connectivity index (χ1n) is 5.80. The second kappa shape index (κ2) is 6.42. The molecule has 112 valence electrons. The zero-order valence-electron chi connectivity index (χ0n) is 10.6. The van der Waals surface area contributed by atoms with Crippen molar-refractivity contribution in [3.05, 3.63) is 57.0 Å². The molecule has 3 N–H and O–H groups in total. The Kier molecular flexibility index (Phi) is 5.01. The minimum atomic E-state index is -3.93. The van der Waals surface area contributed by atoms with E-state index in [4.69, 9.17) is 40.5 Å². The Morgan fingerprint density at radius 2 is 1.76 bits per heavy atom. The van der Waals surface area contributed by atoms with Crippen LogP contribution >= 0.6 is 34.8 Å². The van der Waals surface area contributed by atoms with Crippen molar-refractivity contribution < 1.29 is 8.42 Å². The predicted molar refractivity (Wildman–Crippen MR) is 86.6 cm³/mol. The number of rotatable bonds is 4. The van der Waals surface area contributed by atoms with Crippen LogP contribution in [0.4, 0.5) is 5.69 Å². The molecule has 4 nitrogen and oxygen atoms in total. The van der Waals surface area contributed by atoms with Gasteiger partial charge in [0.2, 0.25) is 0 Å². The smallest absolute Gasteiger partial charge is 0.263 e. The number of nitrogens with two attached hydrogens (primary N) is 1. The summed E-state index contributed by atoms with van der Waals surface area (Å²) >= 11 is 17.9. The van der Waals surface area contributed by atoms with Crippen molar-refractivity contribution in [2.75, 3.05) is 4.72 Å². The second-order valence-corrected chi connectivity index (χ2v) is 7.04. The molecule has 0 heterocycles. The Morgan fingerprint density at radius 1 is 1.10 bits per heavy atom. The predicted octanol–water partition coefficient (Wildman–Crippen LogP) is 3.91. The molecule has 0 fully saturated rings. The quantitative estimate of drug-likeness (QED) is 0.863. The van der Waals surface area contributed by atoms with E-state index in [-0.39, 0.29) is 32.2 Å². The van der Waals surface area contributed by atoms with Gasteiger partial charge in [-0.3, -0.25) is 4.72 Å². The fourth-order valence-electron chi connectivity index (χ4n) is 1.71. The van der Waals surface area contributed by atoms with E-state index in [9.17, 15) is 8.42 Å². The summed E-state index contributed by atoms with van der Waals surface area (Å²) in [6.45, 7) is 0.0774. The van der Waals surface area contributed by atoms with Gasteiger partial charge in [-0.2, -0.15) is 0 Å². The average Bonchev–Trinajstić information content (AvgIpc) is 2.43. The first kappa shape index (κ1) is 16.4. The van der Waals surface area contributed by atoms with E-state index in [2.05, 4.69) is 4.72 Å². The summed E-state index contributed by atoms with van der Waals surface area (Å²) in [5, 5.41) is 0.555. The topological polar surface area (TPSA) is 72.2 Å². The van der Waals surface area contributed by atoms with Crippen LogP contribution in [0.2, 0.25) is 15.1 Å². The van der Waals surface area contributed by atoms with Crippen LogP contribution in [0.3, 0.4) is 0 Å². The molecule has 0 aromatic heterocycles. The zero-order chi connectivity index (χ0) is 15.6. The zero-order valence-corrected chi connectivity index (χ0v) is 13.7. The lowest BCUT2D eigenvalue weighted by Crippen LogP contribution is -2.15. The Morgan fingerprint density at radius 3 is 2.38 bits per heavy atom. The van der Waals surface area contributed by atoms with E-state index in [1.54, 1.807) is 24.3 Å². The highest BCUT2D eigenvalue weighted by Gasteiger charge is 2.21. The van der Waals surface area contributed by atoms with Crippen molar-refractivity contribution in [1.29, 1.82) is 0 Å². The van der Waals surface area contributed by atoms with Gasteiger partial charge in [-0.1, -0.05) is 46.9 Å². The molecular weight excluding hydrogens is 355 g/mol. The summed E-state index contributed by atoms with van der Waals surface area (Å²) in [6.07, 6.45) is 0. The number of para-hydroxylation sites is 1. The number of anilines is 1. The summed E-state index contributed by atoms with van der Waals surface area (Å²) in [7, 11) is -3.93. The molecule has 0 saturated carbocycles. The third kappa shape index (κ3) is 3.62. The largest absolute Gasteiger partial charge is 0.326 e. The summed E-state index contributed by atoms with van der Waals surface area (Å²) in [5.41, 5.74) is 6.23. The van der Waals surface area contributed by atoms with Crippen LogP contribution in [0.1, 0.15) is 5.56 Å². The van der Waals surface area contributed by atoms with Crippen LogP contribution in [-0.2, 0) is 16.6 Å². The van der Waals surface area contributed by atoms with Crippen LogP contribution in [0.5, 0.6) is 0 Å². The van der Waals surface area contributed by atoms with Crippen molar-refractivity contribution in [3.63, 3.8) is 0 Å². The standard InChI is InChI=1S/C13H11Cl3N2O2S/c14-9-5-8(7-17)13(16)12(6-9)21(19,20)18-11-4-2-1-3-10(11)15/h1-6,18H,7,17H2. The molecule has 0 atom stereocenters. The first-order valence-corrected chi connectivity index (χ1v) is 8.42. The lowest BCUT2D eigenvalue weighted by Gasteiger charge is -2.13. The number of sulfonamides is 1. The number of hydrogen-bond acceptors (Lipinski definition) is 3. The maximum atomic E-state index is 12.4. The molecule has 2 aromatic carbocycles. The van der Waals surface area contributed by atoms with Gasteiger partial charge in [0.05, 0.1) is 15.7 Å². The van der Waals surface area contributed by atoms with E-state index < -0.39 is 10.0 Å². The van der Waals surface area contributed by atoms with Crippen LogP contribution < -0.4 is 10.5 Å². The molecule has 8 heteroatoms. The van der Waals surface area contributed by atoms with Crippen molar-refractivity contribution in [2.45, 2.75) is 11.4 Å². The van der Waals surface area contributed by atoms with Crippen LogP contribution in [0, 0.1) is 0 Å². The second-order valence-electron chi connectivity index (χ2n) is 4.17. The van der Waals surface area contributed by atoms with Gasteiger partial charge in [0, 0.05) is 11.6 Å². The molecule has 0 aliphatic rings. The molecule has 0 spiro atoms. The minimum absolute atomic E-state index is 0.0430. The average molecular weight is 366 g/mol. The molecular formula is C13H11Cl3N2O2S. The molecule has 0 aliphatic carbocycles. The van der Waals surface area contributed by atoms with Crippen LogP contribution in [0.15, 0.2) is 41.3 Å². The maximum Gasteiger partial charge on any atom is 0.263 e. The van der Waals surface area contributed by atoms with Crippen LogP contribution in [0.25, 0.3) is 0 Å². The SMILES string of the molecule is NCc1cc(Cl)cc(S(=O)(=O)Nc2ccccc2Cl)c1Cl. The monoisotopic (exact) mass is 364 g/mol. The Bertz CT molecular complexity index is 779. The van der Waals surface area contributed by atoms with E-state index in [0.29, 0.717) is 5.56 Å². The summed E-state index contributed by atoms with van der Waals surface area (Å²) in [6, 6.07) is 9.26. The summed E-state index contributed by atoms with van der Waals surface area (Å²) in [4.78, 5) is -0.142. The van der Waals surface area contributed by atoms with E-state index in [0.717, 1.165) is 0 Å². The van der Waals surface area contributed by atoms with Gasteiger partial charge in [0.25, 0.3) is 10.0 Å². The fourth-order valence-corrected chi connectivity index (χ4v) is 3.97. The van der Waals surface area contributed by atoms with E-state index in [1.165, 1.54) is 12.1 Å². The van der Waals surface area contributed by atoms with Gasteiger partial charge in [0.15, 0.2) is 0 Å². The highest BCUT2D eigenvalue weighted by atomic mass is 35.5. The van der Waals surface area contributed by atoms with Crippen molar-refractivity contribution in [3.8, 4) is 0 Å². The maximum absolute atomic E-state index is 12.4. The molecule has 0 radical (unpaired) electrons. The first-order chi connectivity index (χ1) is 9.85. The highest BCUT2D eigenvalue weighted by Crippen LogP contribution is 2.31. The van der Waals surface area contributed by atoms with Gasteiger partial charge < -0.3 is 5.73 Å². The van der Waals surface area contributed by atoms with Gasteiger partial charge in [0.1, 0.15) is 4.90 Å². The lowest BCUT2D eigenvalue weighted by molar-refractivity contribution is 0.601. The van der Waals surface area contributed by atoms with Crippen molar-refractivity contribution >= 4 is 50.5 Å². The van der Waals surface area contributed by atoms with Gasteiger partial charge in [-0.05, 0) is 29.8 Å². The highest BCUT2D eigenvalue weighted by molar-refractivity contribution is 7.92. The van der Waals surface area contributed by atoms with Crippen molar-refractivity contribution in [1.82, 2.24) is 0 Å². The fraction of sp³-hybridized carbons (Fsp3) is 0.0769. The summed E-state index contributed by atoms with van der Waals surface area (Å²) in [5.74, 6) is 0. The molecule has 0 aliphatic heterocycles. The minimum Gasteiger partial charge on any atom is -0.326 e. The normalized spacial score (nSPS) is 11.4. The molecule has 2 rings (SSSR count). The molecule has 2 aromatic rings. The number of benzene rings is 2. The number of halogens is 3. The summed E-state index contributed by atoms with van der Waals surface area (Å²) < 4.78 is 27.3. The van der Waals surface area contributed by atoms with Crippen LogP contribution in [-0.4, -0.2) is 8.42 Å². The molecule has 0 bridgehead atoms. The number of hydrogen-bond donors (Lipinski definition) is 2.